The third kappa shape index (κ3) is 3.96. The molecule has 158 valence electrons. The molecule has 1 aromatic rings. The van der Waals surface area contributed by atoms with Gasteiger partial charge in [0, 0.05) is 50.4 Å². The summed E-state index contributed by atoms with van der Waals surface area (Å²) in [4.78, 5) is 40.0. The molecule has 2 aliphatic heterocycles. The lowest BCUT2D eigenvalue weighted by Crippen LogP contribution is -2.56. The van der Waals surface area contributed by atoms with Crippen LogP contribution in [0.1, 0.15) is 36.0 Å². The fraction of sp³-hybridized carbons (Fsp3) is 0.600. The van der Waals surface area contributed by atoms with Gasteiger partial charge < -0.3 is 15.1 Å². The molecule has 0 bridgehead atoms. The van der Waals surface area contributed by atoms with E-state index in [4.69, 9.17) is 0 Å². The first-order chi connectivity index (χ1) is 13.5. The lowest BCUT2D eigenvalue weighted by atomic mass is 9.67. The van der Waals surface area contributed by atoms with Crippen molar-refractivity contribution in [3.63, 3.8) is 0 Å². The first-order valence-corrected chi connectivity index (χ1v) is 10.0. The summed E-state index contributed by atoms with van der Waals surface area (Å²) in [5.41, 5.74) is 0.165. The monoisotopic (exact) mass is 422 g/mol. The second-order valence-electron chi connectivity index (χ2n) is 8.12. The topological polar surface area (TPSA) is 95.8 Å². The number of fused-ring (bicyclic) bond motifs is 1. The second-order valence-corrected chi connectivity index (χ2v) is 8.12. The highest BCUT2D eigenvalue weighted by Crippen LogP contribution is 2.45. The molecule has 0 unspecified atom stereocenters. The predicted molar refractivity (Wildman–Crippen MR) is 110 cm³/mol. The zero-order valence-corrected chi connectivity index (χ0v) is 17.2. The van der Waals surface area contributed by atoms with Crippen LogP contribution in [0, 0.1) is 21.4 Å². The summed E-state index contributed by atoms with van der Waals surface area (Å²) in [7, 11) is 0. The molecule has 1 aliphatic carbocycles. The zero-order valence-electron chi connectivity index (χ0n) is 16.3. The second kappa shape index (κ2) is 8.67. The first-order valence-electron chi connectivity index (χ1n) is 10.0. The van der Waals surface area contributed by atoms with Crippen LogP contribution in [0.15, 0.2) is 24.3 Å². The number of hydrogen-bond acceptors (Lipinski definition) is 5. The van der Waals surface area contributed by atoms with Gasteiger partial charge >= 0.3 is 0 Å². The first kappa shape index (κ1) is 21.5. The third-order valence-electron chi connectivity index (χ3n) is 6.64. The Bertz CT molecular complexity index is 779. The van der Waals surface area contributed by atoms with Crippen LogP contribution in [0.2, 0.25) is 0 Å². The number of nitrogens with one attached hydrogen (secondary N) is 1. The van der Waals surface area contributed by atoms with Crippen LogP contribution < -0.4 is 5.32 Å². The molecule has 1 N–H and O–H groups in total. The van der Waals surface area contributed by atoms with Crippen LogP contribution in [0.25, 0.3) is 0 Å². The van der Waals surface area contributed by atoms with Crippen molar-refractivity contribution in [2.24, 2.45) is 11.3 Å². The van der Waals surface area contributed by atoms with Crippen LogP contribution in [0.5, 0.6) is 0 Å². The van der Waals surface area contributed by atoms with Gasteiger partial charge in [-0.3, -0.25) is 19.7 Å². The lowest BCUT2D eigenvalue weighted by molar-refractivity contribution is -0.384. The standard InChI is InChI=1S/C20H26N4O4.ClH/c25-18(15-4-6-17(7-5-15)24(27)28)22-9-11-23(12-10-22)19(26)20-8-2-1-3-16(20)13-21-14-20;/h4-7,16,21H,1-3,8-14H2;1H/t16-,20+;/m0./s1. The molecule has 4 rings (SSSR count). The molecular weight excluding hydrogens is 396 g/mol. The quantitative estimate of drug-likeness (QED) is 0.594. The maximum Gasteiger partial charge on any atom is 0.269 e. The van der Waals surface area contributed by atoms with Gasteiger partial charge in [-0.2, -0.15) is 0 Å². The highest BCUT2D eigenvalue weighted by Gasteiger charge is 2.51. The van der Waals surface area contributed by atoms with E-state index in [-0.39, 0.29) is 35.3 Å². The molecule has 9 heteroatoms. The Morgan fingerprint density at radius 3 is 2.38 bits per heavy atom. The average molecular weight is 423 g/mol. The largest absolute Gasteiger partial charge is 0.339 e. The van der Waals surface area contributed by atoms with Crippen molar-refractivity contribution < 1.29 is 14.5 Å². The van der Waals surface area contributed by atoms with E-state index in [1.165, 1.54) is 30.7 Å². The van der Waals surface area contributed by atoms with Crippen LogP contribution in [0.3, 0.4) is 0 Å². The molecule has 2 atom stereocenters. The van der Waals surface area contributed by atoms with E-state index in [1.807, 2.05) is 4.90 Å². The van der Waals surface area contributed by atoms with Crippen molar-refractivity contribution in [2.75, 3.05) is 39.3 Å². The summed E-state index contributed by atoms with van der Waals surface area (Å²) in [6.07, 6.45) is 4.41. The number of halogens is 1. The molecule has 0 aromatic heterocycles. The number of nitrogens with zero attached hydrogens (tertiary/aromatic N) is 3. The van der Waals surface area contributed by atoms with Gasteiger partial charge in [0.25, 0.3) is 11.6 Å². The van der Waals surface area contributed by atoms with E-state index >= 15 is 0 Å². The van der Waals surface area contributed by atoms with Crippen molar-refractivity contribution in [1.29, 1.82) is 0 Å². The fourth-order valence-electron chi connectivity index (χ4n) is 5.00. The Balaban J connectivity index is 0.00000240. The highest BCUT2D eigenvalue weighted by atomic mass is 35.5. The van der Waals surface area contributed by atoms with Crippen molar-refractivity contribution in [3.8, 4) is 0 Å². The molecular formula is C20H27ClN4O4. The van der Waals surface area contributed by atoms with Gasteiger partial charge in [-0.1, -0.05) is 12.8 Å². The number of benzene rings is 1. The number of nitro benzene ring substituents is 1. The molecule has 1 saturated carbocycles. The van der Waals surface area contributed by atoms with Crippen molar-refractivity contribution >= 4 is 29.9 Å². The maximum absolute atomic E-state index is 13.3. The molecule has 0 radical (unpaired) electrons. The highest BCUT2D eigenvalue weighted by molar-refractivity contribution is 5.94. The average Bonchev–Trinajstić information content (AvgIpc) is 3.18. The Morgan fingerprint density at radius 2 is 1.72 bits per heavy atom. The van der Waals surface area contributed by atoms with Gasteiger partial charge in [-0.15, -0.1) is 12.4 Å². The van der Waals surface area contributed by atoms with Gasteiger partial charge in [0.15, 0.2) is 0 Å². The number of hydrogen-bond donors (Lipinski definition) is 1. The SMILES string of the molecule is Cl.O=C(c1ccc([N+](=O)[O-])cc1)N1CCN(C(=O)[C@@]23CCCC[C@H]2CNC3)CC1. The van der Waals surface area contributed by atoms with Crippen molar-refractivity contribution in [1.82, 2.24) is 15.1 Å². The van der Waals surface area contributed by atoms with E-state index in [2.05, 4.69) is 5.32 Å². The van der Waals surface area contributed by atoms with E-state index in [0.29, 0.717) is 37.7 Å². The van der Waals surface area contributed by atoms with Gasteiger partial charge in [0.05, 0.1) is 10.3 Å². The molecule has 2 amide bonds. The maximum atomic E-state index is 13.3. The van der Waals surface area contributed by atoms with E-state index < -0.39 is 4.92 Å². The Kier molecular flexibility index (Phi) is 6.43. The normalized spacial score (nSPS) is 26.4. The minimum Gasteiger partial charge on any atom is -0.339 e. The summed E-state index contributed by atoms with van der Waals surface area (Å²) >= 11 is 0. The van der Waals surface area contributed by atoms with Gasteiger partial charge in [0.1, 0.15) is 0 Å². The number of rotatable bonds is 3. The summed E-state index contributed by atoms with van der Waals surface area (Å²) in [6.45, 7) is 3.80. The molecule has 3 fully saturated rings. The van der Waals surface area contributed by atoms with Gasteiger partial charge in [-0.05, 0) is 37.4 Å². The summed E-state index contributed by atoms with van der Waals surface area (Å²) in [6, 6.07) is 5.69. The number of non-ortho nitro benzene ring substituents is 1. The minimum atomic E-state index is -0.478. The summed E-state index contributed by atoms with van der Waals surface area (Å²) < 4.78 is 0. The van der Waals surface area contributed by atoms with Crippen molar-refractivity contribution in [3.05, 3.63) is 39.9 Å². The number of amides is 2. The van der Waals surface area contributed by atoms with E-state index in [9.17, 15) is 19.7 Å². The van der Waals surface area contributed by atoms with E-state index in [1.54, 1.807) is 4.90 Å². The fourth-order valence-corrected chi connectivity index (χ4v) is 5.00. The number of carbonyl (C=O) groups excluding carboxylic acids is 2. The van der Waals surface area contributed by atoms with Crippen LogP contribution in [-0.4, -0.2) is 65.8 Å². The molecule has 2 heterocycles. The molecule has 2 saturated heterocycles. The third-order valence-corrected chi connectivity index (χ3v) is 6.64. The molecule has 3 aliphatic rings. The number of carbonyl (C=O) groups is 2. The summed E-state index contributed by atoms with van der Waals surface area (Å²) in [5.74, 6) is 0.552. The van der Waals surface area contributed by atoms with Crippen LogP contribution >= 0.6 is 12.4 Å². The Hall–Kier alpha value is -2.19. The molecule has 1 aromatic carbocycles. The number of nitro groups is 1. The number of piperazine rings is 1. The van der Waals surface area contributed by atoms with Crippen molar-refractivity contribution in [2.45, 2.75) is 25.7 Å². The Morgan fingerprint density at radius 1 is 1.07 bits per heavy atom. The summed E-state index contributed by atoms with van der Waals surface area (Å²) in [5, 5.41) is 14.2. The molecule has 0 spiro atoms. The molecule has 29 heavy (non-hydrogen) atoms. The van der Waals surface area contributed by atoms with Crippen LogP contribution in [0.4, 0.5) is 5.69 Å². The smallest absolute Gasteiger partial charge is 0.269 e. The van der Waals surface area contributed by atoms with Gasteiger partial charge in [0.2, 0.25) is 5.91 Å². The lowest BCUT2D eigenvalue weighted by Gasteiger charge is -2.43. The predicted octanol–water partition coefficient (Wildman–Crippen LogP) is 2.08. The minimum absolute atomic E-state index is 0. The molecule has 8 nitrogen and oxygen atoms in total. The Labute approximate surface area is 176 Å². The van der Waals surface area contributed by atoms with E-state index in [0.717, 1.165) is 32.4 Å². The zero-order chi connectivity index (χ0) is 19.7. The van der Waals surface area contributed by atoms with Gasteiger partial charge in [-0.25, -0.2) is 0 Å². The van der Waals surface area contributed by atoms with Crippen LogP contribution in [-0.2, 0) is 4.79 Å².